The molecule has 1 saturated heterocycles. The SMILES string of the molecule is CC1(C2CCCNC2)CC1C(=O)O. The molecule has 2 fully saturated rings. The predicted octanol–water partition coefficient (Wildman–Crippen LogP) is 1.10. The maximum atomic E-state index is 10.8. The van der Waals surface area contributed by atoms with Crippen molar-refractivity contribution in [1.29, 1.82) is 0 Å². The number of carboxylic acids is 1. The van der Waals surface area contributed by atoms with E-state index in [4.69, 9.17) is 5.11 Å². The minimum Gasteiger partial charge on any atom is -0.481 e. The van der Waals surface area contributed by atoms with Gasteiger partial charge < -0.3 is 10.4 Å². The number of hydrogen-bond donors (Lipinski definition) is 2. The van der Waals surface area contributed by atoms with Gasteiger partial charge in [0.15, 0.2) is 0 Å². The minimum atomic E-state index is -0.604. The zero-order valence-electron chi connectivity index (χ0n) is 8.05. The van der Waals surface area contributed by atoms with Gasteiger partial charge in [0.2, 0.25) is 0 Å². The van der Waals surface area contributed by atoms with Crippen LogP contribution in [0.25, 0.3) is 0 Å². The molecule has 3 nitrogen and oxygen atoms in total. The van der Waals surface area contributed by atoms with Crippen LogP contribution in [0.4, 0.5) is 0 Å². The van der Waals surface area contributed by atoms with Crippen LogP contribution >= 0.6 is 0 Å². The number of carbonyl (C=O) groups is 1. The average molecular weight is 183 g/mol. The highest BCUT2D eigenvalue weighted by atomic mass is 16.4. The quantitative estimate of drug-likeness (QED) is 0.674. The van der Waals surface area contributed by atoms with Gasteiger partial charge in [0.05, 0.1) is 5.92 Å². The summed E-state index contributed by atoms with van der Waals surface area (Å²) in [4.78, 5) is 10.8. The van der Waals surface area contributed by atoms with E-state index in [-0.39, 0.29) is 11.3 Å². The van der Waals surface area contributed by atoms with Gasteiger partial charge in [-0.15, -0.1) is 0 Å². The van der Waals surface area contributed by atoms with Gasteiger partial charge in [-0.3, -0.25) is 4.79 Å². The van der Waals surface area contributed by atoms with Crippen LogP contribution in [0.1, 0.15) is 26.2 Å². The Morgan fingerprint density at radius 3 is 2.85 bits per heavy atom. The number of rotatable bonds is 2. The summed E-state index contributed by atoms with van der Waals surface area (Å²) in [7, 11) is 0. The summed E-state index contributed by atoms with van der Waals surface area (Å²) in [6.07, 6.45) is 3.29. The fraction of sp³-hybridized carbons (Fsp3) is 0.900. The molecule has 2 rings (SSSR count). The Morgan fingerprint density at radius 2 is 2.38 bits per heavy atom. The zero-order valence-corrected chi connectivity index (χ0v) is 8.05. The van der Waals surface area contributed by atoms with Gasteiger partial charge in [-0.1, -0.05) is 6.92 Å². The van der Waals surface area contributed by atoms with Gasteiger partial charge >= 0.3 is 5.97 Å². The second-order valence-corrected chi connectivity index (χ2v) is 4.64. The number of hydrogen-bond acceptors (Lipinski definition) is 2. The molecular formula is C10H17NO2. The molecule has 0 aromatic carbocycles. The molecular weight excluding hydrogens is 166 g/mol. The highest BCUT2D eigenvalue weighted by molar-refractivity contribution is 5.74. The molecule has 2 aliphatic rings. The first-order valence-corrected chi connectivity index (χ1v) is 5.08. The third kappa shape index (κ3) is 1.46. The first-order chi connectivity index (χ1) is 6.14. The minimum absolute atomic E-state index is 0.0719. The van der Waals surface area contributed by atoms with Crippen LogP contribution < -0.4 is 5.32 Å². The highest BCUT2D eigenvalue weighted by Crippen LogP contribution is 2.58. The Bertz CT molecular complexity index is 223. The smallest absolute Gasteiger partial charge is 0.307 e. The molecule has 3 atom stereocenters. The van der Waals surface area contributed by atoms with E-state index in [1.54, 1.807) is 0 Å². The molecule has 0 amide bonds. The van der Waals surface area contributed by atoms with Crippen molar-refractivity contribution < 1.29 is 9.90 Å². The molecule has 2 N–H and O–H groups in total. The van der Waals surface area contributed by atoms with Gasteiger partial charge in [0, 0.05) is 0 Å². The Morgan fingerprint density at radius 1 is 1.62 bits per heavy atom. The Labute approximate surface area is 78.5 Å². The van der Waals surface area contributed by atoms with Crippen LogP contribution in [0.3, 0.4) is 0 Å². The average Bonchev–Trinajstić information content (AvgIpc) is 2.82. The van der Waals surface area contributed by atoms with E-state index in [0.29, 0.717) is 5.92 Å². The lowest BCUT2D eigenvalue weighted by Crippen LogP contribution is -2.35. The van der Waals surface area contributed by atoms with Crippen LogP contribution in [0.5, 0.6) is 0 Å². The third-order valence-electron chi connectivity index (χ3n) is 3.81. The molecule has 1 aliphatic carbocycles. The number of carboxylic acid groups (broad SMARTS) is 1. The zero-order chi connectivity index (χ0) is 9.47. The lowest BCUT2D eigenvalue weighted by molar-refractivity contribution is -0.139. The monoisotopic (exact) mass is 183 g/mol. The fourth-order valence-electron chi connectivity index (χ4n) is 2.62. The van der Waals surface area contributed by atoms with E-state index in [9.17, 15) is 4.79 Å². The van der Waals surface area contributed by atoms with Gasteiger partial charge in [-0.25, -0.2) is 0 Å². The van der Waals surface area contributed by atoms with Crippen LogP contribution in [-0.4, -0.2) is 24.2 Å². The van der Waals surface area contributed by atoms with E-state index in [1.165, 1.54) is 12.8 Å². The number of aliphatic carboxylic acids is 1. The topological polar surface area (TPSA) is 49.3 Å². The normalized spacial score (nSPS) is 44.4. The van der Waals surface area contributed by atoms with Crippen molar-refractivity contribution in [3.8, 4) is 0 Å². The van der Waals surface area contributed by atoms with Crippen LogP contribution in [-0.2, 0) is 4.79 Å². The van der Waals surface area contributed by atoms with Gasteiger partial charge in [-0.2, -0.15) is 0 Å². The second kappa shape index (κ2) is 2.98. The Kier molecular flexibility index (Phi) is 2.06. The van der Waals surface area contributed by atoms with Crippen LogP contribution in [0, 0.1) is 17.3 Å². The molecule has 0 bridgehead atoms. The van der Waals surface area contributed by atoms with Gasteiger partial charge in [-0.05, 0) is 43.7 Å². The van der Waals surface area contributed by atoms with Crippen molar-refractivity contribution in [3.63, 3.8) is 0 Å². The Hall–Kier alpha value is -0.570. The van der Waals surface area contributed by atoms with Crippen molar-refractivity contribution in [3.05, 3.63) is 0 Å². The Balaban J connectivity index is 1.97. The van der Waals surface area contributed by atoms with Crippen molar-refractivity contribution >= 4 is 5.97 Å². The summed E-state index contributed by atoms with van der Waals surface area (Å²) in [5, 5.41) is 12.2. The van der Waals surface area contributed by atoms with Gasteiger partial charge in [0.1, 0.15) is 0 Å². The van der Waals surface area contributed by atoms with E-state index < -0.39 is 5.97 Å². The summed E-state index contributed by atoms with van der Waals surface area (Å²) >= 11 is 0. The highest BCUT2D eigenvalue weighted by Gasteiger charge is 2.58. The second-order valence-electron chi connectivity index (χ2n) is 4.64. The van der Waals surface area contributed by atoms with E-state index in [0.717, 1.165) is 19.5 Å². The first kappa shape index (κ1) is 9.00. The molecule has 1 saturated carbocycles. The molecule has 0 aromatic rings. The van der Waals surface area contributed by atoms with Crippen LogP contribution in [0.2, 0.25) is 0 Å². The molecule has 3 heteroatoms. The molecule has 1 aliphatic heterocycles. The standard InChI is InChI=1S/C10H17NO2/c1-10(5-8(10)9(12)13)7-3-2-4-11-6-7/h7-8,11H,2-6H2,1H3,(H,12,13). The molecule has 74 valence electrons. The number of piperidine rings is 1. The third-order valence-corrected chi connectivity index (χ3v) is 3.81. The number of nitrogens with one attached hydrogen (secondary N) is 1. The molecule has 0 spiro atoms. The lowest BCUT2D eigenvalue weighted by Gasteiger charge is -2.28. The summed E-state index contributed by atoms with van der Waals surface area (Å²) in [6.45, 7) is 4.24. The van der Waals surface area contributed by atoms with Crippen molar-refractivity contribution in [2.24, 2.45) is 17.3 Å². The van der Waals surface area contributed by atoms with E-state index in [1.807, 2.05) is 0 Å². The fourth-order valence-corrected chi connectivity index (χ4v) is 2.62. The van der Waals surface area contributed by atoms with Gasteiger partial charge in [0.25, 0.3) is 0 Å². The molecule has 0 radical (unpaired) electrons. The largest absolute Gasteiger partial charge is 0.481 e. The summed E-state index contributed by atoms with van der Waals surface area (Å²) in [5.74, 6) is -0.0900. The van der Waals surface area contributed by atoms with E-state index >= 15 is 0 Å². The van der Waals surface area contributed by atoms with Crippen molar-refractivity contribution in [2.45, 2.75) is 26.2 Å². The summed E-state index contributed by atoms with van der Waals surface area (Å²) < 4.78 is 0. The van der Waals surface area contributed by atoms with Crippen molar-refractivity contribution in [1.82, 2.24) is 5.32 Å². The molecule has 3 unspecified atom stereocenters. The maximum absolute atomic E-state index is 10.8. The lowest BCUT2D eigenvalue weighted by atomic mass is 9.83. The summed E-state index contributed by atoms with van der Waals surface area (Å²) in [5.41, 5.74) is 0.0965. The first-order valence-electron chi connectivity index (χ1n) is 5.08. The van der Waals surface area contributed by atoms with E-state index in [2.05, 4.69) is 12.2 Å². The van der Waals surface area contributed by atoms with Crippen molar-refractivity contribution in [2.75, 3.05) is 13.1 Å². The van der Waals surface area contributed by atoms with Crippen LogP contribution in [0.15, 0.2) is 0 Å². The maximum Gasteiger partial charge on any atom is 0.307 e. The molecule has 1 heterocycles. The molecule has 13 heavy (non-hydrogen) atoms. The predicted molar refractivity (Wildman–Crippen MR) is 49.4 cm³/mol. The molecule has 0 aromatic heterocycles. The summed E-state index contributed by atoms with van der Waals surface area (Å²) in [6, 6.07) is 0.